The van der Waals surface area contributed by atoms with Gasteiger partial charge in [0.25, 0.3) is 0 Å². The smallest absolute Gasteiger partial charge is 0.210 e. The van der Waals surface area contributed by atoms with E-state index < -0.39 is 0 Å². The van der Waals surface area contributed by atoms with Crippen molar-refractivity contribution in [1.29, 1.82) is 0 Å². The molecular weight excluding hydrogens is 210 g/mol. The van der Waals surface area contributed by atoms with Crippen LogP contribution in [0.25, 0.3) is 0 Å². The number of hydrogen-bond acceptors (Lipinski definition) is 3. The van der Waals surface area contributed by atoms with Crippen LogP contribution in [0.5, 0.6) is 0 Å². The van der Waals surface area contributed by atoms with Crippen molar-refractivity contribution in [3.63, 3.8) is 0 Å². The third-order valence-corrected chi connectivity index (χ3v) is 3.41. The highest BCUT2D eigenvalue weighted by molar-refractivity contribution is 7.09. The first-order chi connectivity index (χ1) is 7.38. The van der Waals surface area contributed by atoms with Crippen molar-refractivity contribution in [1.82, 2.24) is 4.90 Å². The molecule has 0 saturated carbocycles. The largest absolute Gasteiger partial charge is 0.376 e. The first-order valence-corrected chi connectivity index (χ1v) is 6.10. The first kappa shape index (κ1) is 10.6. The molecular formula is C11H15NO2S. The quantitative estimate of drug-likeness (QED) is 0.716. The first-order valence-electron chi connectivity index (χ1n) is 5.22. The monoisotopic (exact) mass is 225 g/mol. The molecule has 0 spiro atoms. The van der Waals surface area contributed by atoms with Gasteiger partial charge in [-0.1, -0.05) is 6.07 Å². The van der Waals surface area contributed by atoms with Crippen molar-refractivity contribution in [3.05, 3.63) is 22.4 Å². The van der Waals surface area contributed by atoms with Crippen LogP contribution in [0.1, 0.15) is 17.7 Å². The topological polar surface area (TPSA) is 29.5 Å². The van der Waals surface area contributed by atoms with Crippen LogP contribution in [0.3, 0.4) is 0 Å². The van der Waals surface area contributed by atoms with Crippen LogP contribution in [0.4, 0.5) is 0 Å². The van der Waals surface area contributed by atoms with E-state index in [0.717, 1.165) is 32.4 Å². The molecule has 0 aliphatic carbocycles. The Morgan fingerprint density at radius 1 is 1.67 bits per heavy atom. The van der Waals surface area contributed by atoms with Crippen LogP contribution in [0, 0.1) is 0 Å². The van der Waals surface area contributed by atoms with E-state index in [0.29, 0.717) is 6.54 Å². The highest BCUT2D eigenvalue weighted by atomic mass is 32.1. The second-order valence-corrected chi connectivity index (χ2v) is 4.78. The number of thiophene rings is 1. The summed E-state index contributed by atoms with van der Waals surface area (Å²) in [5.74, 6) is 0. The van der Waals surface area contributed by atoms with Gasteiger partial charge >= 0.3 is 0 Å². The lowest BCUT2D eigenvalue weighted by atomic mass is 10.2. The van der Waals surface area contributed by atoms with Crippen LogP contribution in [0.2, 0.25) is 0 Å². The molecule has 1 aromatic rings. The molecule has 2 heterocycles. The van der Waals surface area contributed by atoms with Crippen LogP contribution in [-0.2, 0) is 16.1 Å². The van der Waals surface area contributed by atoms with E-state index in [-0.39, 0.29) is 6.10 Å². The van der Waals surface area contributed by atoms with E-state index in [1.165, 1.54) is 4.88 Å². The number of amides is 1. The summed E-state index contributed by atoms with van der Waals surface area (Å²) in [5, 5.41) is 2.03. The van der Waals surface area contributed by atoms with E-state index in [4.69, 9.17) is 4.74 Å². The average molecular weight is 225 g/mol. The number of ether oxygens (including phenoxy) is 1. The Balaban J connectivity index is 1.84. The number of hydrogen-bond donors (Lipinski definition) is 0. The molecule has 1 aliphatic rings. The zero-order chi connectivity index (χ0) is 10.5. The summed E-state index contributed by atoms with van der Waals surface area (Å²) in [6, 6.07) is 4.06. The molecule has 1 saturated heterocycles. The van der Waals surface area contributed by atoms with Crippen LogP contribution < -0.4 is 0 Å². The van der Waals surface area contributed by atoms with Gasteiger partial charge in [0.15, 0.2) is 0 Å². The number of carbonyl (C=O) groups is 1. The molecule has 1 aliphatic heterocycles. The molecule has 3 nitrogen and oxygen atoms in total. The van der Waals surface area contributed by atoms with Crippen molar-refractivity contribution < 1.29 is 9.53 Å². The van der Waals surface area contributed by atoms with Crippen molar-refractivity contribution >= 4 is 17.7 Å². The van der Waals surface area contributed by atoms with Gasteiger partial charge in [-0.05, 0) is 24.3 Å². The Bertz CT molecular complexity index is 294. The molecule has 15 heavy (non-hydrogen) atoms. The van der Waals surface area contributed by atoms with Crippen LogP contribution in [0.15, 0.2) is 17.5 Å². The third-order valence-electron chi connectivity index (χ3n) is 2.55. The SMILES string of the molecule is O=CN(Cc1cccs1)CC1CCCO1. The maximum absolute atomic E-state index is 10.9. The van der Waals surface area contributed by atoms with Gasteiger partial charge in [0.1, 0.15) is 0 Å². The van der Waals surface area contributed by atoms with E-state index in [9.17, 15) is 4.79 Å². The minimum absolute atomic E-state index is 0.246. The van der Waals surface area contributed by atoms with Gasteiger partial charge in [-0.15, -0.1) is 11.3 Å². The molecule has 1 unspecified atom stereocenters. The van der Waals surface area contributed by atoms with Gasteiger partial charge in [0.05, 0.1) is 12.6 Å². The van der Waals surface area contributed by atoms with E-state index >= 15 is 0 Å². The second kappa shape index (κ2) is 5.28. The second-order valence-electron chi connectivity index (χ2n) is 3.75. The maximum atomic E-state index is 10.9. The molecule has 0 aromatic carbocycles. The molecule has 82 valence electrons. The minimum Gasteiger partial charge on any atom is -0.376 e. The third kappa shape index (κ3) is 3.04. The molecule has 2 rings (SSSR count). The fourth-order valence-electron chi connectivity index (χ4n) is 1.80. The minimum atomic E-state index is 0.246. The average Bonchev–Trinajstić information content (AvgIpc) is 2.89. The lowest BCUT2D eigenvalue weighted by Crippen LogP contribution is -2.30. The van der Waals surface area contributed by atoms with E-state index in [2.05, 4.69) is 6.07 Å². The van der Waals surface area contributed by atoms with Gasteiger partial charge in [-0.25, -0.2) is 0 Å². The van der Waals surface area contributed by atoms with Gasteiger partial charge in [-0.2, -0.15) is 0 Å². The molecule has 0 bridgehead atoms. The Labute approximate surface area is 93.7 Å². The zero-order valence-corrected chi connectivity index (χ0v) is 9.41. The molecule has 1 atom stereocenters. The Hall–Kier alpha value is -0.870. The normalized spacial score (nSPS) is 20.4. The van der Waals surface area contributed by atoms with Crippen LogP contribution in [-0.4, -0.2) is 30.6 Å². The van der Waals surface area contributed by atoms with Gasteiger partial charge in [-0.3, -0.25) is 4.79 Å². The molecule has 1 aromatic heterocycles. The molecule has 0 radical (unpaired) electrons. The van der Waals surface area contributed by atoms with Crippen molar-refractivity contribution in [2.24, 2.45) is 0 Å². The molecule has 4 heteroatoms. The Morgan fingerprint density at radius 2 is 2.60 bits per heavy atom. The number of nitrogens with zero attached hydrogens (tertiary/aromatic N) is 1. The Kier molecular flexibility index (Phi) is 3.75. The highest BCUT2D eigenvalue weighted by Crippen LogP contribution is 2.15. The van der Waals surface area contributed by atoms with Gasteiger partial charge in [0.2, 0.25) is 6.41 Å². The predicted molar refractivity (Wildman–Crippen MR) is 59.8 cm³/mol. The maximum Gasteiger partial charge on any atom is 0.210 e. The fourth-order valence-corrected chi connectivity index (χ4v) is 2.53. The highest BCUT2D eigenvalue weighted by Gasteiger charge is 2.18. The summed E-state index contributed by atoms with van der Waals surface area (Å²) in [4.78, 5) is 13.9. The lowest BCUT2D eigenvalue weighted by Gasteiger charge is -2.20. The predicted octanol–water partition coefficient (Wildman–Crippen LogP) is 1.89. The van der Waals surface area contributed by atoms with Gasteiger partial charge < -0.3 is 9.64 Å². The lowest BCUT2D eigenvalue weighted by molar-refractivity contribution is -0.120. The number of rotatable bonds is 5. The summed E-state index contributed by atoms with van der Waals surface area (Å²) in [6.45, 7) is 2.28. The Morgan fingerprint density at radius 3 is 3.20 bits per heavy atom. The summed E-state index contributed by atoms with van der Waals surface area (Å²) in [5.41, 5.74) is 0. The summed E-state index contributed by atoms with van der Waals surface area (Å²) < 4.78 is 5.51. The zero-order valence-electron chi connectivity index (χ0n) is 8.59. The summed E-state index contributed by atoms with van der Waals surface area (Å²) >= 11 is 1.68. The summed E-state index contributed by atoms with van der Waals surface area (Å²) in [6.07, 6.45) is 3.36. The molecule has 1 amide bonds. The molecule has 1 fully saturated rings. The van der Waals surface area contributed by atoms with Crippen molar-refractivity contribution in [2.45, 2.75) is 25.5 Å². The van der Waals surface area contributed by atoms with Crippen molar-refractivity contribution in [2.75, 3.05) is 13.2 Å². The standard InChI is InChI=1S/C11H15NO2S/c13-9-12(7-10-3-1-5-14-10)8-11-4-2-6-15-11/h2,4,6,9-10H,1,3,5,7-8H2. The van der Waals surface area contributed by atoms with E-state index in [1.807, 2.05) is 11.4 Å². The number of carbonyl (C=O) groups excluding carboxylic acids is 1. The fraction of sp³-hybridized carbons (Fsp3) is 0.545. The summed E-state index contributed by atoms with van der Waals surface area (Å²) in [7, 11) is 0. The van der Waals surface area contributed by atoms with Crippen molar-refractivity contribution in [3.8, 4) is 0 Å². The van der Waals surface area contributed by atoms with E-state index in [1.54, 1.807) is 16.2 Å². The van der Waals surface area contributed by atoms with Gasteiger partial charge in [0, 0.05) is 18.0 Å². The van der Waals surface area contributed by atoms with Crippen LogP contribution >= 0.6 is 11.3 Å². The molecule has 0 N–H and O–H groups in total.